The van der Waals surface area contributed by atoms with Crippen molar-refractivity contribution < 1.29 is 18.3 Å². The number of aromatic nitrogens is 2. The Morgan fingerprint density at radius 1 is 1.46 bits per heavy atom. The summed E-state index contributed by atoms with van der Waals surface area (Å²) in [6.07, 6.45) is -1.42. The highest BCUT2D eigenvalue weighted by molar-refractivity contribution is 6.01. The Hall–Kier alpha value is -2.70. The van der Waals surface area contributed by atoms with E-state index in [0.717, 1.165) is 11.4 Å². The van der Waals surface area contributed by atoms with Crippen LogP contribution in [-0.2, 0) is 18.4 Å². The second-order valence-corrected chi connectivity index (χ2v) is 5.20. The molecule has 2 rings (SSSR count). The summed E-state index contributed by atoms with van der Waals surface area (Å²) < 4.78 is 31.7. The van der Waals surface area contributed by atoms with E-state index < -0.39 is 13.0 Å². The molecule has 1 amide bonds. The van der Waals surface area contributed by atoms with Crippen LogP contribution in [0.15, 0.2) is 43.0 Å². The molecule has 0 atom stereocenters. The number of carbonyl (C=O) groups excluding carboxylic acids is 1. The highest BCUT2D eigenvalue weighted by Crippen LogP contribution is 2.30. The van der Waals surface area contributed by atoms with Crippen LogP contribution in [0.2, 0.25) is 0 Å². The summed E-state index contributed by atoms with van der Waals surface area (Å²) in [7, 11) is 1.78. The minimum absolute atomic E-state index is 0.215. The fourth-order valence-corrected chi connectivity index (χ4v) is 2.32. The minimum Gasteiger partial charge on any atom is -0.485 e. The highest BCUT2D eigenvalue weighted by atomic mass is 19.3. The number of alkyl halides is 2. The van der Waals surface area contributed by atoms with Gasteiger partial charge in [0.25, 0.3) is 12.3 Å². The quantitative estimate of drug-likeness (QED) is 0.731. The molecule has 0 bridgehead atoms. The van der Waals surface area contributed by atoms with Gasteiger partial charge in [0.05, 0.1) is 23.6 Å². The molecular weight excluding hydrogens is 316 g/mol. The van der Waals surface area contributed by atoms with Gasteiger partial charge in [-0.3, -0.25) is 14.4 Å². The molecule has 128 valence electrons. The lowest BCUT2D eigenvalue weighted by Crippen LogP contribution is -2.30. The predicted octanol–water partition coefficient (Wildman–Crippen LogP) is 3.09. The van der Waals surface area contributed by atoms with Crippen LogP contribution in [0.5, 0.6) is 5.75 Å². The topological polar surface area (TPSA) is 47.4 Å². The normalized spacial score (nSPS) is 10.7. The van der Waals surface area contributed by atoms with Crippen molar-refractivity contribution in [2.45, 2.75) is 19.9 Å². The first-order valence-electron chi connectivity index (χ1n) is 7.35. The number of para-hydroxylation sites is 2. The molecule has 0 saturated carbocycles. The van der Waals surface area contributed by atoms with Crippen LogP contribution in [-0.4, -0.2) is 28.7 Å². The van der Waals surface area contributed by atoms with E-state index in [9.17, 15) is 13.6 Å². The van der Waals surface area contributed by atoms with Gasteiger partial charge in [0, 0.05) is 7.05 Å². The average Bonchev–Trinajstić information content (AvgIpc) is 2.87. The second-order valence-electron chi connectivity index (χ2n) is 5.20. The molecule has 0 radical (unpaired) electrons. The Bertz CT molecular complexity index is 728. The van der Waals surface area contributed by atoms with E-state index in [0.29, 0.717) is 5.69 Å². The number of anilines is 1. The van der Waals surface area contributed by atoms with Gasteiger partial charge in [0.2, 0.25) is 0 Å². The summed E-state index contributed by atoms with van der Waals surface area (Å²) >= 11 is 0. The number of hydrogen-bond donors (Lipinski definition) is 0. The predicted molar refractivity (Wildman–Crippen MR) is 87.3 cm³/mol. The molecule has 1 heterocycles. The van der Waals surface area contributed by atoms with Crippen LogP contribution in [0.25, 0.3) is 0 Å². The van der Waals surface area contributed by atoms with Gasteiger partial charge in [0.1, 0.15) is 12.4 Å². The van der Waals surface area contributed by atoms with E-state index in [-0.39, 0.29) is 18.2 Å². The number of aryl methyl sites for hydroxylation is 2. The SMILES string of the molecule is C=CC(=O)N(Cc1cc(C)nn1C)c1ccccc1OCC(F)F. The van der Waals surface area contributed by atoms with Crippen LogP contribution in [0.4, 0.5) is 14.5 Å². The second kappa shape index (κ2) is 7.72. The molecule has 0 aliphatic heterocycles. The van der Waals surface area contributed by atoms with Crippen molar-refractivity contribution in [3.8, 4) is 5.75 Å². The highest BCUT2D eigenvalue weighted by Gasteiger charge is 2.20. The average molecular weight is 335 g/mol. The Balaban J connectivity index is 2.36. The number of ether oxygens (including phenoxy) is 1. The number of amides is 1. The Morgan fingerprint density at radius 3 is 2.75 bits per heavy atom. The Kier molecular flexibility index (Phi) is 5.68. The zero-order valence-corrected chi connectivity index (χ0v) is 13.6. The summed E-state index contributed by atoms with van der Waals surface area (Å²) in [5.74, 6) is -0.145. The number of nitrogens with zero attached hydrogens (tertiary/aromatic N) is 3. The number of hydrogen-bond acceptors (Lipinski definition) is 3. The van der Waals surface area contributed by atoms with Gasteiger partial charge in [-0.15, -0.1) is 0 Å². The van der Waals surface area contributed by atoms with Crippen LogP contribution >= 0.6 is 0 Å². The van der Waals surface area contributed by atoms with E-state index in [1.807, 2.05) is 13.0 Å². The van der Waals surface area contributed by atoms with E-state index in [1.54, 1.807) is 36.0 Å². The van der Waals surface area contributed by atoms with Gasteiger partial charge < -0.3 is 4.74 Å². The molecule has 2 aromatic rings. The van der Waals surface area contributed by atoms with Crippen molar-refractivity contribution in [1.82, 2.24) is 9.78 Å². The third kappa shape index (κ3) is 4.18. The smallest absolute Gasteiger partial charge is 0.272 e. The molecular formula is C17H19F2N3O2. The first-order valence-corrected chi connectivity index (χ1v) is 7.35. The van der Waals surface area contributed by atoms with Gasteiger partial charge in [-0.2, -0.15) is 5.10 Å². The maximum Gasteiger partial charge on any atom is 0.272 e. The van der Waals surface area contributed by atoms with Crippen molar-refractivity contribution in [2.24, 2.45) is 7.05 Å². The van der Waals surface area contributed by atoms with Crippen molar-refractivity contribution in [2.75, 3.05) is 11.5 Å². The van der Waals surface area contributed by atoms with Crippen molar-refractivity contribution in [3.05, 3.63) is 54.4 Å². The molecule has 1 aromatic carbocycles. The molecule has 0 N–H and O–H groups in total. The maximum atomic E-state index is 12.4. The molecule has 0 saturated heterocycles. The van der Waals surface area contributed by atoms with Gasteiger partial charge in [-0.05, 0) is 31.2 Å². The monoisotopic (exact) mass is 335 g/mol. The molecule has 0 fully saturated rings. The molecule has 0 spiro atoms. The van der Waals surface area contributed by atoms with E-state index in [1.165, 1.54) is 11.0 Å². The maximum absolute atomic E-state index is 12.4. The lowest BCUT2D eigenvalue weighted by molar-refractivity contribution is -0.114. The molecule has 0 aliphatic rings. The van der Waals surface area contributed by atoms with Gasteiger partial charge in [0.15, 0.2) is 0 Å². The van der Waals surface area contributed by atoms with Gasteiger partial charge in [-0.1, -0.05) is 18.7 Å². The third-order valence-electron chi connectivity index (χ3n) is 3.38. The zero-order valence-electron chi connectivity index (χ0n) is 13.6. The van der Waals surface area contributed by atoms with Crippen molar-refractivity contribution in [3.63, 3.8) is 0 Å². The number of benzene rings is 1. The molecule has 7 heteroatoms. The summed E-state index contributed by atoms with van der Waals surface area (Å²) in [5.41, 5.74) is 2.02. The summed E-state index contributed by atoms with van der Waals surface area (Å²) in [5, 5.41) is 4.25. The summed E-state index contributed by atoms with van der Waals surface area (Å²) in [6, 6.07) is 8.42. The van der Waals surface area contributed by atoms with Gasteiger partial charge >= 0.3 is 0 Å². The third-order valence-corrected chi connectivity index (χ3v) is 3.38. The largest absolute Gasteiger partial charge is 0.485 e. The Morgan fingerprint density at radius 2 is 2.17 bits per heavy atom. The van der Waals surface area contributed by atoms with E-state index in [2.05, 4.69) is 11.7 Å². The van der Waals surface area contributed by atoms with Gasteiger partial charge in [-0.25, -0.2) is 8.78 Å². The molecule has 24 heavy (non-hydrogen) atoms. The standard InChI is InChI=1S/C17H19F2N3O2/c1-4-17(23)22(10-13-9-12(2)20-21(13)3)14-7-5-6-8-15(14)24-11-16(18)19/h4-9,16H,1,10-11H2,2-3H3. The number of carbonyl (C=O) groups is 1. The number of halogens is 2. The molecule has 5 nitrogen and oxygen atoms in total. The van der Waals surface area contributed by atoms with Crippen molar-refractivity contribution in [1.29, 1.82) is 0 Å². The summed E-state index contributed by atoms with van der Waals surface area (Å²) in [6.45, 7) is 4.84. The molecule has 0 aliphatic carbocycles. The lowest BCUT2D eigenvalue weighted by atomic mass is 10.2. The van der Waals surface area contributed by atoms with Crippen LogP contribution in [0, 0.1) is 6.92 Å². The molecule has 0 unspecified atom stereocenters. The lowest BCUT2D eigenvalue weighted by Gasteiger charge is -2.24. The van der Waals surface area contributed by atoms with E-state index >= 15 is 0 Å². The van der Waals surface area contributed by atoms with Crippen LogP contribution in [0.3, 0.4) is 0 Å². The first kappa shape index (κ1) is 17.7. The van der Waals surface area contributed by atoms with Crippen molar-refractivity contribution >= 4 is 11.6 Å². The minimum atomic E-state index is -2.60. The zero-order chi connectivity index (χ0) is 17.7. The Labute approximate surface area is 139 Å². The fraction of sp³-hybridized carbons (Fsp3) is 0.294. The molecule has 1 aromatic heterocycles. The fourth-order valence-electron chi connectivity index (χ4n) is 2.32. The first-order chi connectivity index (χ1) is 11.4. The van der Waals surface area contributed by atoms with E-state index in [4.69, 9.17) is 4.74 Å². The number of rotatable bonds is 7. The van der Waals surface area contributed by atoms with Crippen LogP contribution in [0.1, 0.15) is 11.4 Å². The summed E-state index contributed by atoms with van der Waals surface area (Å²) in [4.78, 5) is 13.7. The van der Waals surface area contributed by atoms with Crippen LogP contribution < -0.4 is 9.64 Å².